The monoisotopic (exact) mass is 332 g/mol. The van der Waals surface area contributed by atoms with Gasteiger partial charge in [-0.25, -0.2) is 15.0 Å². The molecule has 23 heavy (non-hydrogen) atoms. The highest BCUT2D eigenvalue weighted by atomic mass is 35.5. The highest BCUT2D eigenvalue weighted by Gasteiger charge is 2.22. The van der Waals surface area contributed by atoms with Crippen molar-refractivity contribution in [3.05, 3.63) is 40.8 Å². The first-order chi connectivity index (χ1) is 11.1. The number of hydrogen-bond donors (Lipinski definition) is 0. The Morgan fingerprint density at radius 3 is 2.57 bits per heavy atom. The number of rotatable bonds is 4. The molecule has 0 aromatic carbocycles. The largest absolute Gasteiger partial charge is 0.476 e. The van der Waals surface area contributed by atoms with E-state index in [0.717, 1.165) is 43.3 Å². The molecule has 0 saturated carbocycles. The zero-order valence-electron chi connectivity index (χ0n) is 13.5. The second-order valence-electron chi connectivity index (χ2n) is 5.98. The van der Waals surface area contributed by atoms with Crippen LogP contribution in [0.2, 0.25) is 5.02 Å². The highest BCUT2D eigenvalue weighted by Crippen LogP contribution is 2.24. The van der Waals surface area contributed by atoms with Gasteiger partial charge in [-0.3, -0.25) is 0 Å². The van der Waals surface area contributed by atoms with Crippen molar-refractivity contribution >= 4 is 17.5 Å². The van der Waals surface area contributed by atoms with Gasteiger partial charge in [0.15, 0.2) is 0 Å². The smallest absolute Gasteiger partial charge is 0.232 e. The molecule has 1 aliphatic rings. The van der Waals surface area contributed by atoms with E-state index in [9.17, 15) is 0 Å². The van der Waals surface area contributed by atoms with Crippen molar-refractivity contribution < 1.29 is 4.74 Å². The molecular formula is C17H21ClN4O. The average molecular weight is 333 g/mol. The van der Waals surface area contributed by atoms with E-state index >= 15 is 0 Å². The number of pyridine rings is 1. The minimum absolute atomic E-state index is 0.509. The van der Waals surface area contributed by atoms with Crippen LogP contribution in [0.4, 0.5) is 5.95 Å². The lowest BCUT2D eigenvalue weighted by Gasteiger charge is -2.32. The second-order valence-corrected chi connectivity index (χ2v) is 6.39. The lowest BCUT2D eigenvalue weighted by molar-refractivity contribution is 0.216. The van der Waals surface area contributed by atoms with Crippen LogP contribution in [0.15, 0.2) is 24.4 Å². The van der Waals surface area contributed by atoms with Gasteiger partial charge in [-0.2, -0.15) is 0 Å². The van der Waals surface area contributed by atoms with Gasteiger partial charge in [0, 0.05) is 30.7 Å². The summed E-state index contributed by atoms with van der Waals surface area (Å²) in [6, 6.07) is 5.60. The van der Waals surface area contributed by atoms with Crippen molar-refractivity contribution in [1.29, 1.82) is 0 Å². The van der Waals surface area contributed by atoms with E-state index in [1.165, 1.54) is 0 Å². The fourth-order valence-electron chi connectivity index (χ4n) is 2.82. The molecule has 0 bridgehead atoms. The van der Waals surface area contributed by atoms with E-state index in [1.807, 2.05) is 19.9 Å². The number of anilines is 1. The Morgan fingerprint density at radius 1 is 1.22 bits per heavy atom. The fraction of sp³-hybridized carbons (Fsp3) is 0.471. The summed E-state index contributed by atoms with van der Waals surface area (Å²) in [4.78, 5) is 15.5. The molecule has 122 valence electrons. The molecule has 3 heterocycles. The van der Waals surface area contributed by atoms with Crippen LogP contribution in [0.5, 0.6) is 5.88 Å². The predicted molar refractivity (Wildman–Crippen MR) is 91.2 cm³/mol. The molecule has 1 saturated heterocycles. The molecule has 0 spiro atoms. The van der Waals surface area contributed by atoms with Gasteiger partial charge in [0.05, 0.1) is 6.61 Å². The van der Waals surface area contributed by atoms with Crippen LogP contribution < -0.4 is 9.64 Å². The van der Waals surface area contributed by atoms with Crippen molar-refractivity contribution in [3.63, 3.8) is 0 Å². The summed E-state index contributed by atoms with van der Waals surface area (Å²) in [6.45, 7) is 6.57. The zero-order valence-corrected chi connectivity index (χ0v) is 14.3. The van der Waals surface area contributed by atoms with E-state index in [4.69, 9.17) is 16.3 Å². The Morgan fingerprint density at radius 2 is 1.91 bits per heavy atom. The normalized spacial score (nSPS) is 15.7. The standard InChI is InChI=1S/C17H21ClN4O/c1-12-10-13(2)21-17(20-12)22-8-5-14(6-9-22)11-23-16-15(18)4-3-7-19-16/h3-4,7,10,14H,5-6,8-9,11H2,1-2H3. The van der Waals surface area contributed by atoms with Crippen molar-refractivity contribution in [3.8, 4) is 5.88 Å². The fourth-order valence-corrected chi connectivity index (χ4v) is 3.00. The Labute approximate surface area is 141 Å². The molecule has 0 amide bonds. The van der Waals surface area contributed by atoms with Crippen molar-refractivity contribution in [1.82, 2.24) is 15.0 Å². The first kappa shape index (κ1) is 16.0. The number of piperidine rings is 1. The summed E-state index contributed by atoms with van der Waals surface area (Å²) >= 11 is 6.06. The summed E-state index contributed by atoms with van der Waals surface area (Å²) in [5.74, 6) is 1.87. The third-order valence-electron chi connectivity index (χ3n) is 4.05. The number of nitrogens with zero attached hydrogens (tertiary/aromatic N) is 4. The molecule has 1 aliphatic heterocycles. The molecule has 2 aromatic rings. The van der Waals surface area contributed by atoms with Crippen LogP contribution >= 0.6 is 11.6 Å². The van der Waals surface area contributed by atoms with Gasteiger partial charge in [-0.05, 0) is 50.8 Å². The van der Waals surface area contributed by atoms with Crippen LogP contribution in [-0.4, -0.2) is 34.6 Å². The van der Waals surface area contributed by atoms with Crippen LogP contribution in [0.25, 0.3) is 0 Å². The summed E-state index contributed by atoms with van der Waals surface area (Å²) in [5.41, 5.74) is 2.03. The predicted octanol–water partition coefficient (Wildman–Crippen LogP) is 3.44. The van der Waals surface area contributed by atoms with Crippen LogP contribution in [0.1, 0.15) is 24.2 Å². The Bertz CT molecular complexity index is 651. The molecule has 0 atom stereocenters. The second kappa shape index (κ2) is 7.13. The first-order valence-electron chi connectivity index (χ1n) is 7.92. The third-order valence-corrected chi connectivity index (χ3v) is 4.34. The molecule has 0 N–H and O–H groups in total. The van der Waals surface area contributed by atoms with Gasteiger partial charge < -0.3 is 9.64 Å². The van der Waals surface area contributed by atoms with Gasteiger partial charge >= 0.3 is 0 Å². The molecule has 2 aromatic heterocycles. The molecule has 0 aliphatic carbocycles. The van der Waals surface area contributed by atoms with E-state index in [-0.39, 0.29) is 0 Å². The highest BCUT2D eigenvalue weighted by molar-refractivity contribution is 6.31. The molecule has 5 nitrogen and oxygen atoms in total. The summed E-state index contributed by atoms with van der Waals surface area (Å²) < 4.78 is 5.76. The summed E-state index contributed by atoms with van der Waals surface area (Å²) in [5, 5.41) is 0.563. The molecular weight excluding hydrogens is 312 g/mol. The number of hydrogen-bond acceptors (Lipinski definition) is 5. The minimum Gasteiger partial charge on any atom is -0.476 e. The minimum atomic E-state index is 0.509. The Balaban J connectivity index is 1.53. The van der Waals surface area contributed by atoms with Gasteiger partial charge in [0.1, 0.15) is 5.02 Å². The number of halogens is 1. The van der Waals surface area contributed by atoms with Gasteiger partial charge in [-0.1, -0.05) is 11.6 Å². The SMILES string of the molecule is Cc1cc(C)nc(N2CCC(COc3ncccc3Cl)CC2)n1. The molecule has 6 heteroatoms. The van der Waals surface area contributed by atoms with Crippen LogP contribution in [0.3, 0.4) is 0 Å². The van der Waals surface area contributed by atoms with Gasteiger partial charge in [0.2, 0.25) is 11.8 Å². The van der Waals surface area contributed by atoms with Gasteiger partial charge in [-0.15, -0.1) is 0 Å². The van der Waals surface area contributed by atoms with Crippen molar-refractivity contribution in [2.24, 2.45) is 5.92 Å². The number of aromatic nitrogens is 3. The van der Waals surface area contributed by atoms with E-state index in [2.05, 4.69) is 19.9 Å². The molecule has 0 unspecified atom stereocenters. The van der Waals surface area contributed by atoms with Crippen LogP contribution in [0, 0.1) is 19.8 Å². The van der Waals surface area contributed by atoms with Gasteiger partial charge in [0.25, 0.3) is 0 Å². The maximum atomic E-state index is 6.06. The van der Waals surface area contributed by atoms with E-state index in [0.29, 0.717) is 23.4 Å². The average Bonchev–Trinajstić information content (AvgIpc) is 2.54. The third kappa shape index (κ3) is 4.10. The Kier molecular flexibility index (Phi) is 4.96. The summed E-state index contributed by atoms with van der Waals surface area (Å²) in [6.07, 6.45) is 3.81. The maximum absolute atomic E-state index is 6.06. The zero-order chi connectivity index (χ0) is 16.2. The molecule has 0 radical (unpaired) electrons. The lowest BCUT2D eigenvalue weighted by Crippen LogP contribution is -2.36. The number of aryl methyl sites for hydroxylation is 2. The van der Waals surface area contributed by atoms with Crippen molar-refractivity contribution in [2.75, 3.05) is 24.6 Å². The lowest BCUT2D eigenvalue weighted by atomic mass is 9.98. The first-order valence-corrected chi connectivity index (χ1v) is 8.30. The Hall–Kier alpha value is -1.88. The van der Waals surface area contributed by atoms with E-state index in [1.54, 1.807) is 18.3 Å². The van der Waals surface area contributed by atoms with Crippen molar-refractivity contribution in [2.45, 2.75) is 26.7 Å². The summed E-state index contributed by atoms with van der Waals surface area (Å²) in [7, 11) is 0. The number of ether oxygens (including phenoxy) is 1. The molecule has 1 fully saturated rings. The quantitative estimate of drug-likeness (QED) is 0.858. The van der Waals surface area contributed by atoms with Crippen LogP contribution in [-0.2, 0) is 0 Å². The molecule has 3 rings (SSSR count). The van der Waals surface area contributed by atoms with E-state index < -0.39 is 0 Å². The maximum Gasteiger partial charge on any atom is 0.232 e. The topological polar surface area (TPSA) is 51.1 Å².